The molecule has 2 aliphatic heterocycles. The molecule has 11 heteroatoms. The molecule has 5 N–H and O–H groups in total. The molecule has 11 nitrogen and oxygen atoms in total. The number of amides is 1. The number of nitrogen functional groups attached to an aromatic ring is 1. The van der Waals surface area contributed by atoms with Crippen molar-refractivity contribution in [1.82, 2.24) is 24.8 Å². The molecule has 0 saturated carbocycles. The largest absolute Gasteiger partial charge is 0.387 e. The lowest BCUT2D eigenvalue weighted by atomic mass is 10.1. The third-order valence-electron chi connectivity index (χ3n) is 4.14. The molecule has 2 saturated heterocycles. The molecule has 128 valence electrons. The Hall–Kier alpha value is -2.34. The van der Waals surface area contributed by atoms with Crippen molar-refractivity contribution in [2.75, 3.05) is 18.9 Å². The Morgan fingerprint density at radius 2 is 2.08 bits per heavy atom. The van der Waals surface area contributed by atoms with E-state index in [-0.39, 0.29) is 11.9 Å². The van der Waals surface area contributed by atoms with Crippen LogP contribution in [0.25, 0.3) is 11.2 Å². The van der Waals surface area contributed by atoms with Crippen LogP contribution in [-0.4, -0.2) is 73.2 Å². The molecule has 0 spiro atoms. The van der Waals surface area contributed by atoms with Crippen molar-refractivity contribution >= 4 is 22.9 Å². The first-order valence-electron chi connectivity index (χ1n) is 7.39. The number of carbonyl (C=O) groups excluding carboxylic acids is 1. The van der Waals surface area contributed by atoms with Crippen LogP contribution >= 0.6 is 0 Å². The van der Waals surface area contributed by atoms with E-state index in [2.05, 4.69) is 20.3 Å². The Labute approximate surface area is 135 Å². The van der Waals surface area contributed by atoms with Crippen molar-refractivity contribution in [3.63, 3.8) is 0 Å². The van der Waals surface area contributed by atoms with E-state index in [0.717, 1.165) is 0 Å². The minimum Gasteiger partial charge on any atom is -0.387 e. The summed E-state index contributed by atoms with van der Waals surface area (Å²) in [6.07, 6.45) is -2.31. The second kappa shape index (κ2) is 5.63. The minimum atomic E-state index is -1.38. The summed E-state index contributed by atoms with van der Waals surface area (Å²) < 4.78 is 12.0. The van der Waals surface area contributed by atoms with Crippen LogP contribution in [0.5, 0.6) is 0 Å². The number of aliphatic hydroxyl groups is 2. The predicted molar refractivity (Wildman–Crippen MR) is 78.4 cm³/mol. The molecule has 0 bridgehead atoms. The maximum absolute atomic E-state index is 12.2. The molecule has 0 aromatic carbocycles. The van der Waals surface area contributed by atoms with E-state index in [0.29, 0.717) is 24.4 Å². The van der Waals surface area contributed by atoms with Gasteiger partial charge in [0, 0.05) is 0 Å². The summed E-state index contributed by atoms with van der Waals surface area (Å²) in [6.45, 7) is 0.839. The van der Waals surface area contributed by atoms with Gasteiger partial charge in [0.25, 0.3) is 5.91 Å². The number of nitrogens with one attached hydrogen (secondary N) is 1. The second-order valence-electron chi connectivity index (χ2n) is 5.75. The molecule has 0 aliphatic carbocycles. The molecular weight excluding hydrogens is 320 g/mol. The summed E-state index contributed by atoms with van der Waals surface area (Å²) in [5, 5.41) is 23.1. The summed E-state index contributed by atoms with van der Waals surface area (Å²) in [6, 6.07) is -0.105. The molecule has 4 rings (SSSR count). The molecule has 1 amide bonds. The fourth-order valence-electron chi connectivity index (χ4n) is 2.76. The molecule has 2 aromatic heterocycles. The molecule has 2 aliphatic rings. The summed E-state index contributed by atoms with van der Waals surface area (Å²) in [5.41, 5.74) is 6.42. The van der Waals surface area contributed by atoms with Gasteiger partial charge in [-0.2, -0.15) is 0 Å². The van der Waals surface area contributed by atoms with Gasteiger partial charge in [0.15, 0.2) is 23.8 Å². The SMILES string of the molecule is Nc1ncnc2c1ncn2[C@@H]1O[C@H](C(=O)NC2COC2)[C@@H](O)[C@H]1O. The number of rotatable bonds is 3. The van der Waals surface area contributed by atoms with E-state index in [9.17, 15) is 15.0 Å². The monoisotopic (exact) mass is 336 g/mol. The number of carbonyl (C=O) groups is 1. The van der Waals surface area contributed by atoms with Crippen LogP contribution in [0.3, 0.4) is 0 Å². The fraction of sp³-hybridized carbons (Fsp3) is 0.538. The van der Waals surface area contributed by atoms with Gasteiger partial charge in [-0.1, -0.05) is 0 Å². The van der Waals surface area contributed by atoms with Gasteiger partial charge in [0.05, 0.1) is 25.6 Å². The van der Waals surface area contributed by atoms with Crippen molar-refractivity contribution in [1.29, 1.82) is 0 Å². The van der Waals surface area contributed by atoms with Gasteiger partial charge in [-0.25, -0.2) is 15.0 Å². The zero-order valence-electron chi connectivity index (χ0n) is 12.4. The number of nitrogens with zero attached hydrogens (tertiary/aromatic N) is 4. The van der Waals surface area contributed by atoms with E-state index in [1.54, 1.807) is 0 Å². The molecular formula is C13H16N6O5. The molecule has 4 heterocycles. The predicted octanol–water partition coefficient (Wildman–Crippen LogP) is -2.46. The number of hydrogen-bond acceptors (Lipinski definition) is 9. The van der Waals surface area contributed by atoms with E-state index in [1.165, 1.54) is 17.2 Å². The van der Waals surface area contributed by atoms with E-state index in [4.69, 9.17) is 15.2 Å². The van der Waals surface area contributed by atoms with Crippen molar-refractivity contribution in [2.45, 2.75) is 30.6 Å². The van der Waals surface area contributed by atoms with Crippen LogP contribution < -0.4 is 11.1 Å². The van der Waals surface area contributed by atoms with Crippen LogP contribution in [0, 0.1) is 0 Å². The molecule has 0 unspecified atom stereocenters. The number of fused-ring (bicyclic) bond motifs is 1. The highest BCUT2D eigenvalue weighted by Crippen LogP contribution is 2.32. The highest BCUT2D eigenvalue weighted by Gasteiger charge is 2.48. The Bertz CT molecular complexity index is 777. The molecule has 2 fully saturated rings. The van der Waals surface area contributed by atoms with Gasteiger partial charge in [-0.05, 0) is 0 Å². The average Bonchev–Trinajstić information content (AvgIpc) is 3.07. The van der Waals surface area contributed by atoms with E-state index < -0.39 is 30.4 Å². The first-order valence-corrected chi connectivity index (χ1v) is 7.39. The minimum absolute atomic E-state index is 0.105. The lowest BCUT2D eigenvalue weighted by molar-refractivity contribution is -0.141. The Morgan fingerprint density at radius 3 is 2.79 bits per heavy atom. The second-order valence-corrected chi connectivity index (χ2v) is 5.75. The molecule has 4 atom stereocenters. The standard InChI is InChI=1S/C13H16N6O5/c14-10-6-11(16-3-15-10)19(4-17-6)13-8(21)7(20)9(24-13)12(22)18-5-1-23-2-5/h3-5,7-9,13,20-21H,1-2H2,(H,18,22)(H2,14,15,16)/t7-,8+,9-,13+/m0/s1. The summed E-state index contributed by atoms with van der Waals surface area (Å²) >= 11 is 0. The lowest BCUT2D eigenvalue weighted by Gasteiger charge is -2.28. The van der Waals surface area contributed by atoms with Crippen molar-refractivity contribution in [3.8, 4) is 0 Å². The number of imidazole rings is 1. The highest BCUT2D eigenvalue weighted by atomic mass is 16.6. The third-order valence-corrected chi connectivity index (χ3v) is 4.14. The Kier molecular flexibility index (Phi) is 3.57. The Balaban J connectivity index is 1.59. The van der Waals surface area contributed by atoms with Gasteiger partial charge in [0.2, 0.25) is 0 Å². The first-order chi connectivity index (χ1) is 11.6. The first kappa shape index (κ1) is 15.2. The smallest absolute Gasteiger partial charge is 0.252 e. The van der Waals surface area contributed by atoms with Gasteiger partial charge in [0.1, 0.15) is 24.1 Å². The van der Waals surface area contributed by atoms with Crippen molar-refractivity contribution in [2.24, 2.45) is 0 Å². The maximum Gasteiger partial charge on any atom is 0.252 e. The van der Waals surface area contributed by atoms with Crippen LogP contribution in [0.1, 0.15) is 6.23 Å². The molecule has 24 heavy (non-hydrogen) atoms. The topological polar surface area (TPSA) is 158 Å². The number of ether oxygens (including phenoxy) is 2. The summed E-state index contributed by atoms with van der Waals surface area (Å²) in [7, 11) is 0. The average molecular weight is 336 g/mol. The number of anilines is 1. The quantitative estimate of drug-likeness (QED) is 0.477. The van der Waals surface area contributed by atoms with Crippen LogP contribution in [-0.2, 0) is 14.3 Å². The fourth-order valence-corrected chi connectivity index (χ4v) is 2.76. The number of nitrogens with two attached hydrogens (primary N) is 1. The maximum atomic E-state index is 12.2. The zero-order chi connectivity index (χ0) is 16.8. The van der Waals surface area contributed by atoms with E-state index >= 15 is 0 Å². The van der Waals surface area contributed by atoms with Gasteiger partial charge >= 0.3 is 0 Å². The number of hydrogen-bond donors (Lipinski definition) is 4. The number of aliphatic hydroxyl groups excluding tert-OH is 2. The summed E-state index contributed by atoms with van der Waals surface area (Å²) in [4.78, 5) is 24.2. The molecule has 2 aromatic rings. The van der Waals surface area contributed by atoms with Crippen LogP contribution in [0.2, 0.25) is 0 Å². The van der Waals surface area contributed by atoms with Crippen molar-refractivity contribution in [3.05, 3.63) is 12.7 Å². The zero-order valence-corrected chi connectivity index (χ0v) is 12.4. The molecule has 0 radical (unpaired) electrons. The van der Waals surface area contributed by atoms with Crippen molar-refractivity contribution < 1.29 is 24.5 Å². The van der Waals surface area contributed by atoms with Gasteiger partial charge < -0.3 is 30.7 Å². The lowest BCUT2D eigenvalue weighted by Crippen LogP contribution is -2.53. The highest BCUT2D eigenvalue weighted by molar-refractivity contribution is 5.83. The van der Waals surface area contributed by atoms with Crippen LogP contribution in [0.15, 0.2) is 12.7 Å². The van der Waals surface area contributed by atoms with E-state index in [1.807, 2.05) is 0 Å². The number of aromatic nitrogens is 4. The Morgan fingerprint density at radius 1 is 1.29 bits per heavy atom. The van der Waals surface area contributed by atoms with Gasteiger partial charge in [-0.15, -0.1) is 0 Å². The van der Waals surface area contributed by atoms with Crippen LogP contribution in [0.4, 0.5) is 5.82 Å². The summed E-state index contributed by atoms with van der Waals surface area (Å²) in [5.74, 6) is -0.318. The van der Waals surface area contributed by atoms with Gasteiger partial charge in [-0.3, -0.25) is 9.36 Å². The third kappa shape index (κ3) is 2.29. The normalized spacial score (nSPS) is 30.4.